The van der Waals surface area contributed by atoms with Crippen molar-refractivity contribution >= 4 is 17.2 Å². The highest BCUT2D eigenvalue weighted by molar-refractivity contribution is 7.15. The van der Waals surface area contributed by atoms with Crippen molar-refractivity contribution in [1.82, 2.24) is 25.1 Å². The first-order valence-electron chi connectivity index (χ1n) is 8.96. The average molecular weight is 407 g/mol. The van der Waals surface area contributed by atoms with Gasteiger partial charge in [-0.2, -0.15) is 5.10 Å². The van der Waals surface area contributed by atoms with Gasteiger partial charge in [-0.3, -0.25) is 14.5 Å². The summed E-state index contributed by atoms with van der Waals surface area (Å²) in [6.07, 6.45) is 3.49. The number of carbonyl (C=O) groups is 1. The van der Waals surface area contributed by atoms with Gasteiger partial charge in [-0.1, -0.05) is 0 Å². The Morgan fingerprint density at radius 3 is 2.72 bits per heavy atom. The minimum atomic E-state index is -0.312. The van der Waals surface area contributed by atoms with Gasteiger partial charge in [-0.05, 0) is 49.4 Å². The van der Waals surface area contributed by atoms with Crippen LogP contribution in [0.1, 0.15) is 21.1 Å². The molecule has 0 saturated carbocycles. The summed E-state index contributed by atoms with van der Waals surface area (Å²) in [4.78, 5) is 22.4. The zero-order valence-electron chi connectivity index (χ0n) is 15.9. The van der Waals surface area contributed by atoms with E-state index in [0.29, 0.717) is 17.9 Å². The molecule has 0 spiro atoms. The van der Waals surface area contributed by atoms with Crippen LogP contribution in [0.25, 0.3) is 21.8 Å². The van der Waals surface area contributed by atoms with Gasteiger partial charge in [0.05, 0.1) is 17.9 Å². The Bertz CT molecular complexity index is 1150. The standard InChI is InChI=1S/C21H18FN5OS/c1-13-19(29-21(25-13)15-4-3-9-23-11-15)12-24-20(28)18-10-17(26-27(18)2)14-5-7-16(22)8-6-14/h3-11H,12H2,1-2H3,(H,24,28). The molecule has 29 heavy (non-hydrogen) atoms. The van der Waals surface area contributed by atoms with Crippen LogP contribution < -0.4 is 5.32 Å². The summed E-state index contributed by atoms with van der Waals surface area (Å²) in [5.74, 6) is -0.544. The Morgan fingerprint density at radius 2 is 2.00 bits per heavy atom. The molecule has 4 aromatic rings. The normalized spacial score (nSPS) is 10.9. The predicted octanol–water partition coefficient (Wildman–Crippen LogP) is 3.98. The molecule has 0 aliphatic rings. The minimum Gasteiger partial charge on any atom is -0.346 e. The largest absolute Gasteiger partial charge is 0.346 e. The van der Waals surface area contributed by atoms with Gasteiger partial charge < -0.3 is 5.32 Å². The van der Waals surface area contributed by atoms with Crippen molar-refractivity contribution in [2.24, 2.45) is 7.05 Å². The number of halogens is 1. The highest BCUT2D eigenvalue weighted by Crippen LogP contribution is 2.27. The van der Waals surface area contributed by atoms with Crippen LogP contribution in [-0.2, 0) is 13.6 Å². The second-order valence-corrected chi connectivity index (χ2v) is 7.58. The van der Waals surface area contributed by atoms with E-state index in [1.54, 1.807) is 37.6 Å². The fraction of sp³-hybridized carbons (Fsp3) is 0.143. The molecule has 8 heteroatoms. The lowest BCUT2D eigenvalue weighted by atomic mass is 10.1. The quantitative estimate of drug-likeness (QED) is 0.543. The van der Waals surface area contributed by atoms with E-state index in [2.05, 4.69) is 20.4 Å². The number of amides is 1. The Kier molecular flexibility index (Phi) is 5.18. The number of carbonyl (C=O) groups excluding carboxylic acids is 1. The summed E-state index contributed by atoms with van der Waals surface area (Å²) in [7, 11) is 1.71. The topological polar surface area (TPSA) is 72.7 Å². The number of aryl methyl sites for hydroxylation is 2. The highest BCUT2D eigenvalue weighted by Gasteiger charge is 2.16. The lowest BCUT2D eigenvalue weighted by molar-refractivity contribution is 0.0942. The second kappa shape index (κ2) is 7.92. The van der Waals surface area contributed by atoms with Crippen molar-refractivity contribution < 1.29 is 9.18 Å². The van der Waals surface area contributed by atoms with E-state index in [1.807, 2.05) is 19.1 Å². The lowest BCUT2D eigenvalue weighted by Crippen LogP contribution is -2.25. The third kappa shape index (κ3) is 4.07. The summed E-state index contributed by atoms with van der Waals surface area (Å²) in [5, 5.41) is 8.17. The van der Waals surface area contributed by atoms with Gasteiger partial charge >= 0.3 is 0 Å². The number of nitrogens with one attached hydrogen (secondary N) is 1. The first kappa shape index (κ1) is 18.9. The van der Waals surface area contributed by atoms with Crippen molar-refractivity contribution in [1.29, 1.82) is 0 Å². The average Bonchev–Trinajstić information content (AvgIpc) is 3.30. The molecule has 4 rings (SSSR count). The molecule has 1 amide bonds. The van der Waals surface area contributed by atoms with Crippen molar-refractivity contribution in [2.75, 3.05) is 0 Å². The summed E-state index contributed by atoms with van der Waals surface area (Å²) < 4.78 is 14.6. The molecule has 146 valence electrons. The van der Waals surface area contributed by atoms with Crippen LogP contribution in [0.3, 0.4) is 0 Å². The molecule has 3 aromatic heterocycles. The molecule has 0 radical (unpaired) electrons. The summed E-state index contributed by atoms with van der Waals surface area (Å²) in [5.41, 5.74) is 3.63. The first-order valence-corrected chi connectivity index (χ1v) is 9.78. The van der Waals surface area contributed by atoms with Crippen LogP contribution in [0, 0.1) is 12.7 Å². The van der Waals surface area contributed by atoms with E-state index in [1.165, 1.54) is 28.2 Å². The van der Waals surface area contributed by atoms with Gasteiger partial charge in [-0.15, -0.1) is 11.3 Å². The molecule has 1 N–H and O–H groups in total. The molecular weight excluding hydrogens is 389 g/mol. The van der Waals surface area contributed by atoms with E-state index in [9.17, 15) is 9.18 Å². The SMILES string of the molecule is Cc1nc(-c2cccnc2)sc1CNC(=O)c1cc(-c2ccc(F)cc2)nn1C. The number of aromatic nitrogens is 4. The summed E-state index contributed by atoms with van der Waals surface area (Å²) in [6.45, 7) is 2.30. The highest BCUT2D eigenvalue weighted by atomic mass is 32.1. The van der Waals surface area contributed by atoms with Crippen LogP contribution in [0.4, 0.5) is 4.39 Å². The smallest absolute Gasteiger partial charge is 0.269 e. The lowest BCUT2D eigenvalue weighted by Gasteiger charge is -2.04. The Hall–Kier alpha value is -3.39. The molecule has 0 unspecified atom stereocenters. The third-order valence-corrected chi connectivity index (χ3v) is 5.67. The Labute approximate surface area is 171 Å². The van der Waals surface area contributed by atoms with Crippen LogP contribution in [0.5, 0.6) is 0 Å². The van der Waals surface area contributed by atoms with Gasteiger partial charge in [0.1, 0.15) is 16.5 Å². The maximum absolute atomic E-state index is 13.1. The number of hydrogen-bond acceptors (Lipinski definition) is 5. The minimum absolute atomic E-state index is 0.232. The molecule has 3 heterocycles. The number of benzene rings is 1. The molecule has 6 nitrogen and oxygen atoms in total. The summed E-state index contributed by atoms with van der Waals surface area (Å²) in [6, 6.07) is 11.5. The molecule has 0 aliphatic carbocycles. The molecule has 1 aromatic carbocycles. The molecule has 0 aliphatic heterocycles. The first-order chi connectivity index (χ1) is 14.0. The van der Waals surface area contributed by atoms with Crippen LogP contribution >= 0.6 is 11.3 Å². The zero-order chi connectivity index (χ0) is 20.4. The third-order valence-electron chi connectivity index (χ3n) is 4.46. The number of hydrogen-bond donors (Lipinski definition) is 1. The Balaban J connectivity index is 1.48. The monoisotopic (exact) mass is 407 g/mol. The number of pyridine rings is 1. The fourth-order valence-corrected chi connectivity index (χ4v) is 3.89. The van der Waals surface area contributed by atoms with E-state index < -0.39 is 0 Å². The zero-order valence-corrected chi connectivity index (χ0v) is 16.7. The van der Waals surface area contributed by atoms with Gasteiger partial charge in [0.15, 0.2) is 0 Å². The second-order valence-electron chi connectivity index (χ2n) is 6.50. The molecule has 0 bridgehead atoms. The predicted molar refractivity (Wildman–Crippen MR) is 110 cm³/mol. The van der Waals surface area contributed by atoms with E-state index in [0.717, 1.165) is 26.7 Å². The Morgan fingerprint density at radius 1 is 1.21 bits per heavy atom. The van der Waals surface area contributed by atoms with Gasteiger partial charge in [0.2, 0.25) is 0 Å². The molecule has 0 fully saturated rings. The summed E-state index contributed by atoms with van der Waals surface area (Å²) >= 11 is 1.53. The van der Waals surface area contributed by atoms with E-state index >= 15 is 0 Å². The maximum atomic E-state index is 13.1. The van der Waals surface area contributed by atoms with Crippen LogP contribution in [-0.4, -0.2) is 25.7 Å². The molecule has 0 atom stereocenters. The van der Waals surface area contributed by atoms with Crippen LogP contribution in [0.2, 0.25) is 0 Å². The number of thiazole rings is 1. The number of nitrogens with zero attached hydrogens (tertiary/aromatic N) is 4. The van der Waals surface area contributed by atoms with Gasteiger partial charge in [-0.25, -0.2) is 9.37 Å². The number of rotatable bonds is 5. The van der Waals surface area contributed by atoms with Gasteiger partial charge in [0, 0.05) is 35.4 Å². The van der Waals surface area contributed by atoms with E-state index in [4.69, 9.17) is 0 Å². The van der Waals surface area contributed by atoms with E-state index in [-0.39, 0.29) is 11.7 Å². The maximum Gasteiger partial charge on any atom is 0.269 e. The van der Waals surface area contributed by atoms with Crippen molar-refractivity contribution in [3.05, 3.63) is 76.9 Å². The fourth-order valence-electron chi connectivity index (χ4n) is 2.90. The van der Waals surface area contributed by atoms with Crippen molar-refractivity contribution in [2.45, 2.75) is 13.5 Å². The van der Waals surface area contributed by atoms with Crippen molar-refractivity contribution in [3.63, 3.8) is 0 Å². The molecule has 0 saturated heterocycles. The van der Waals surface area contributed by atoms with Crippen LogP contribution in [0.15, 0.2) is 54.9 Å². The van der Waals surface area contributed by atoms with Crippen molar-refractivity contribution in [3.8, 4) is 21.8 Å². The van der Waals surface area contributed by atoms with Gasteiger partial charge in [0.25, 0.3) is 5.91 Å². The molecular formula is C21H18FN5OS.